The van der Waals surface area contributed by atoms with Crippen LogP contribution in [-0.4, -0.2) is 215 Å². The molecule has 470 valence electrons. The van der Waals surface area contributed by atoms with E-state index in [1.807, 2.05) is 55.3 Å². The minimum atomic E-state index is -0.562. The second-order valence-corrected chi connectivity index (χ2v) is 23.8. The molecule has 0 radical (unpaired) electrons. The molecular formula is C63H82N8O15S. The number of hydroxylamine groups is 2. The first-order valence-corrected chi connectivity index (χ1v) is 30.3. The molecule has 0 unspecified atom stereocenters. The number of fused-ring (bicyclic) bond motifs is 4. The molecule has 3 aromatic rings. The Morgan fingerprint density at radius 2 is 1.20 bits per heavy atom. The van der Waals surface area contributed by atoms with Crippen LogP contribution in [0.25, 0.3) is 0 Å². The zero-order valence-electron chi connectivity index (χ0n) is 51.3. The Hall–Kier alpha value is -7.35. The number of hydrogen-bond acceptors (Lipinski definition) is 20. The Kier molecular flexibility index (Phi) is 23.8. The van der Waals surface area contributed by atoms with Crippen molar-refractivity contribution in [3.05, 3.63) is 94.5 Å². The monoisotopic (exact) mass is 1220 g/mol. The lowest BCUT2D eigenvalue weighted by Crippen LogP contribution is -2.38. The van der Waals surface area contributed by atoms with Crippen LogP contribution >= 0.6 is 11.8 Å². The Morgan fingerprint density at radius 3 is 1.69 bits per heavy atom. The van der Waals surface area contributed by atoms with Gasteiger partial charge in [0.25, 0.3) is 17.7 Å². The first kappa shape index (κ1) is 65.6. The van der Waals surface area contributed by atoms with Crippen LogP contribution in [0.3, 0.4) is 0 Å². The highest BCUT2D eigenvalue weighted by atomic mass is 32.2. The van der Waals surface area contributed by atoms with Gasteiger partial charge in [0.1, 0.15) is 25.6 Å². The topological polar surface area (TPSA) is 231 Å². The SMILES string of the molecule is C=C1CCC(=O)N1OC(=O)CCOCCOCCOCCOCCN(C)C(=O)CSC(C)(C)CN(C)CCOc1cc(COc2cc3c(cc2OC)C(=O)N2C/C(=C/C)C[C@H]2C=N3)nc(COc2cc3c(cc2OC)C(=O)N2C/C(=C/C)C[C@H]2C=N3)c1. The standard InChI is InChI=1S/C63H82N8O15S/c1-10-43-26-47-34-64-52-32-56(54(77-8)30-50(52)61(75)69(47)36-43)84-38-45-28-49(29-46(66-45)39-85-57-33-53-51(31-55(57)78-9)62(76)70-37-44(11-2)27-48(70)35-65-53)83-19-15-67(6)41-63(4,5)87-40-59(73)68(7)16-18-80-21-23-82-25-24-81-22-20-79-17-14-60(74)86-71-42(3)12-13-58(71)72/h10-11,28-35,47-48H,3,12-27,36-41H2,1-2,4-9H3/b43-10+,44-11+/t47-,48-/m0/s1. The largest absolute Gasteiger partial charge is 0.493 e. The number of thioether (sulfide) groups is 1. The molecule has 2 atom stereocenters. The molecule has 1 aromatic heterocycles. The second kappa shape index (κ2) is 31.5. The van der Waals surface area contributed by atoms with Gasteiger partial charge < -0.3 is 67.1 Å². The van der Waals surface area contributed by atoms with E-state index in [9.17, 15) is 24.0 Å². The van der Waals surface area contributed by atoms with Crippen LogP contribution < -0.4 is 23.7 Å². The van der Waals surface area contributed by atoms with Gasteiger partial charge in [0.15, 0.2) is 23.0 Å². The summed E-state index contributed by atoms with van der Waals surface area (Å²) in [7, 11) is 6.85. The zero-order valence-corrected chi connectivity index (χ0v) is 52.1. The molecular weight excluding hydrogens is 1140 g/mol. The molecule has 6 heterocycles. The number of rotatable bonds is 33. The highest BCUT2D eigenvalue weighted by Gasteiger charge is 2.37. The third-order valence-corrected chi connectivity index (χ3v) is 16.5. The van der Waals surface area contributed by atoms with E-state index >= 15 is 0 Å². The number of carbonyl (C=O) groups is 5. The number of benzene rings is 2. The summed E-state index contributed by atoms with van der Waals surface area (Å²) in [5.74, 6) is 1.30. The maximum atomic E-state index is 13.8. The number of amides is 4. The average molecular weight is 1220 g/mol. The molecule has 5 aliphatic heterocycles. The molecule has 3 saturated heterocycles. The van der Waals surface area contributed by atoms with Crippen molar-refractivity contribution in [1.82, 2.24) is 29.6 Å². The lowest BCUT2D eigenvalue weighted by molar-refractivity contribution is -0.187. The van der Waals surface area contributed by atoms with Gasteiger partial charge in [-0.3, -0.25) is 34.1 Å². The fourth-order valence-electron chi connectivity index (χ4n) is 10.3. The van der Waals surface area contributed by atoms with Crippen LogP contribution in [0.4, 0.5) is 11.4 Å². The smallest absolute Gasteiger partial charge is 0.335 e. The fourth-order valence-corrected chi connectivity index (χ4v) is 11.3. The van der Waals surface area contributed by atoms with Crippen molar-refractivity contribution in [2.24, 2.45) is 9.98 Å². The van der Waals surface area contributed by atoms with Gasteiger partial charge in [-0.2, -0.15) is 0 Å². The number of allylic oxidation sites excluding steroid dienone is 3. The second-order valence-electron chi connectivity index (χ2n) is 22.1. The quantitative estimate of drug-likeness (QED) is 0.0429. The lowest BCUT2D eigenvalue weighted by Gasteiger charge is -2.30. The molecule has 5 aliphatic rings. The van der Waals surface area contributed by atoms with Crippen molar-refractivity contribution >= 4 is 65.2 Å². The number of aromatic nitrogens is 1. The summed E-state index contributed by atoms with van der Waals surface area (Å²) in [5.41, 5.74) is 5.77. The van der Waals surface area contributed by atoms with Gasteiger partial charge in [0.2, 0.25) is 5.91 Å². The highest BCUT2D eigenvalue weighted by Crippen LogP contribution is 2.41. The molecule has 0 N–H and O–H groups in total. The van der Waals surface area contributed by atoms with E-state index in [1.54, 1.807) is 48.0 Å². The maximum absolute atomic E-state index is 13.8. The maximum Gasteiger partial charge on any atom is 0.335 e. The molecule has 2 aromatic carbocycles. The van der Waals surface area contributed by atoms with E-state index in [0.717, 1.165) is 17.9 Å². The van der Waals surface area contributed by atoms with Crippen molar-refractivity contribution in [3.63, 3.8) is 0 Å². The predicted molar refractivity (Wildman–Crippen MR) is 328 cm³/mol. The van der Waals surface area contributed by atoms with E-state index in [-0.39, 0.29) is 73.1 Å². The van der Waals surface area contributed by atoms with Crippen LogP contribution in [0.1, 0.15) is 91.9 Å². The number of ether oxygens (including phenoxy) is 9. The van der Waals surface area contributed by atoms with Gasteiger partial charge in [-0.05, 0) is 66.1 Å². The van der Waals surface area contributed by atoms with Gasteiger partial charge in [-0.15, -0.1) is 16.8 Å². The van der Waals surface area contributed by atoms with E-state index in [1.165, 1.54) is 25.4 Å². The van der Waals surface area contributed by atoms with Gasteiger partial charge in [0.05, 0.1) is 131 Å². The Morgan fingerprint density at radius 1 is 0.678 bits per heavy atom. The lowest BCUT2D eigenvalue weighted by atomic mass is 10.1. The molecule has 0 saturated carbocycles. The minimum absolute atomic E-state index is 0.00236. The van der Waals surface area contributed by atoms with Crippen LogP contribution in [0.15, 0.2) is 82.0 Å². The van der Waals surface area contributed by atoms with Crippen molar-refractivity contribution < 1.29 is 71.4 Å². The summed E-state index contributed by atoms with van der Waals surface area (Å²) in [5, 5.41) is 0.956. The molecule has 0 spiro atoms. The summed E-state index contributed by atoms with van der Waals surface area (Å²) < 4.78 is 52.7. The number of pyridine rings is 1. The van der Waals surface area contributed by atoms with Gasteiger partial charge >= 0.3 is 5.97 Å². The molecule has 4 amide bonds. The predicted octanol–water partition coefficient (Wildman–Crippen LogP) is 7.34. The molecule has 3 fully saturated rings. The number of aliphatic imine (C=N–C) groups is 2. The summed E-state index contributed by atoms with van der Waals surface area (Å²) in [6.07, 6.45) is 10.0. The first-order chi connectivity index (χ1) is 42.0. The van der Waals surface area contributed by atoms with Crippen LogP contribution in [0, 0.1) is 0 Å². The number of hydrogen-bond donors (Lipinski definition) is 0. The molecule has 8 rings (SSSR count). The molecule has 24 heteroatoms. The first-order valence-electron chi connectivity index (χ1n) is 29.4. The highest BCUT2D eigenvalue weighted by molar-refractivity contribution is 8.01. The van der Waals surface area contributed by atoms with Crippen LogP contribution in [0.5, 0.6) is 28.7 Å². The minimum Gasteiger partial charge on any atom is -0.493 e. The van der Waals surface area contributed by atoms with E-state index in [4.69, 9.17) is 62.4 Å². The molecule has 0 bridgehead atoms. The van der Waals surface area contributed by atoms with Crippen LogP contribution in [0.2, 0.25) is 0 Å². The summed E-state index contributed by atoms with van der Waals surface area (Å²) in [6.45, 7) is 17.7. The summed E-state index contributed by atoms with van der Waals surface area (Å²) in [4.78, 5) is 91.4. The van der Waals surface area contributed by atoms with Crippen molar-refractivity contribution in [3.8, 4) is 28.7 Å². The molecule has 87 heavy (non-hydrogen) atoms. The number of carbonyl (C=O) groups excluding carboxylic acids is 5. The van der Waals surface area contributed by atoms with Gasteiger partial charge in [-0.1, -0.05) is 29.9 Å². The van der Waals surface area contributed by atoms with E-state index in [0.29, 0.717) is 166 Å². The number of likely N-dealkylation sites (N-methyl/N-ethyl adjacent to an activating group) is 2. The molecule has 0 aliphatic carbocycles. The van der Waals surface area contributed by atoms with Crippen molar-refractivity contribution in [2.75, 3.05) is 126 Å². The van der Waals surface area contributed by atoms with E-state index < -0.39 is 5.97 Å². The summed E-state index contributed by atoms with van der Waals surface area (Å²) >= 11 is 1.59. The Balaban J connectivity index is 0.788. The number of nitrogens with zero attached hydrogens (tertiary/aromatic N) is 8. The third-order valence-electron chi connectivity index (χ3n) is 15.2. The fraction of sp³-hybridized carbons (Fsp3) is 0.524. The van der Waals surface area contributed by atoms with Gasteiger partial charge in [-0.25, -0.2) is 4.79 Å². The van der Waals surface area contributed by atoms with Gasteiger partial charge in [0, 0.05) is 87.6 Å². The van der Waals surface area contributed by atoms with Crippen molar-refractivity contribution in [1.29, 1.82) is 0 Å². The molecule has 23 nitrogen and oxygen atoms in total. The summed E-state index contributed by atoms with van der Waals surface area (Å²) in [6, 6.07) is 10.2. The zero-order chi connectivity index (χ0) is 62.0. The Bertz CT molecular complexity index is 2940. The average Bonchev–Trinajstić information content (AvgIpc) is 2.81. The van der Waals surface area contributed by atoms with E-state index in [2.05, 4.69) is 37.5 Å². The third kappa shape index (κ3) is 18.1. The van der Waals surface area contributed by atoms with Crippen LogP contribution in [-0.2, 0) is 51.4 Å². The normalized spacial score (nSPS) is 18.1. The van der Waals surface area contributed by atoms with Crippen molar-refractivity contribution in [2.45, 2.75) is 89.8 Å². The number of methoxy groups -OCH3 is 2. The Labute approximate surface area is 513 Å².